The number of carbonyl (C=O) groups excluding carboxylic acids is 2. The van der Waals surface area contributed by atoms with E-state index in [9.17, 15) is 18.4 Å². The van der Waals surface area contributed by atoms with Gasteiger partial charge in [-0.05, 0) is 30.8 Å². The van der Waals surface area contributed by atoms with Crippen molar-refractivity contribution in [1.29, 1.82) is 0 Å². The van der Waals surface area contributed by atoms with Crippen LogP contribution in [0.15, 0.2) is 48.9 Å². The monoisotopic (exact) mass is 369 g/mol. The van der Waals surface area contributed by atoms with Gasteiger partial charge in [-0.2, -0.15) is 0 Å². The van der Waals surface area contributed by atoms with Crippen molar-refractivity contribution >= 4 is 11.6 Å². The van der Waals surface area contributed by atoms with E-state index < -0.39 is 23.0 Å². The number of benzene rings is 1. The van der Waals surface area contributed by atoms with Crippen LogP contribution in [0.3, 0.4) is 0 Å². The van der Waals surface area contributed by atoms with E-state index in [-0.39, 0.29) is 35.6 Å². The molecule has 0 saturated heterocycles. The second-order valence-corrected chi connectivity index (χ2v) is 6.02. The van der Waals surface area contributed by atoms with Gasteiger partial charge >= 0.3 is 0 Å². The van der Waals surface area contributed by atoms with Crippen LogP contribution in [0, 0.1) is 11.6 Å². The Balaban J connectivity index is 1.85. The largest absolute Gasteiger partial charge is 0.358 e. The standard InChI is InChI=1S/C20H17F2N3O2/c1-23-10-13-4-5-15(21)18(19(13)22)20(27)14-8-16(25-11-14)17(26)7-12-3-2-6-24-9-12/h2-6,8-9,11,23,25H,7,10H2,1H3. The van der Waals surface area contributed by atoms with E-state index in [2.05, 4.69) is 15.3 Å². The summed E-state index contributed by atoms with van der Waals surface area (Å²) in [6.07, 6.45) is 4.56. The van der Waals surface area contributed by atoms with E-state index in [1.165, 1.54) is 18.3 Å². The fourth-order valence-electron chi connectivity index (χ4n) is 2.74. The highest BCUT2D eigenvalue weighted by Crippen LogP contribution is 2.21. The molecule has 0 unspecified atom stereocenters. The summed E-state index contributed by atoms with van der Waals surface area (Å²) < 4.78 is 28.6. The number of pyridine rings is 1. The summed E-state index contributed by atoms with van der Waals surface area (Å²) in [5.41, 5.74) is 0.485. The minimum absolute atomic E-state index is 0.0175. The SMILES string of the molecule is CNCc1ccc(F)c(C(=O)c2c[nH]c(C(=O)Cc3cccnc3)c2)c1F. The van der Waals surface area contributed by atoms with Gasteiger partial charge < -0.3 is 10.3 Å². The maximum atomic E-state index is 14.5. The van der Waals surface area contributed by atoms with Crippen molar-refractivity contribution < 1.29 is 18.4 Å². The minimum atomic E-state index is -0.943. The third-order valence-corrected chi connectivity index (χ3v) is 4.10. The Morgan fingerprint density at radius 3 is 2.74 bits per heavy atom. The summed E-state index contributed by atoms with van der Waals surface area (Å²) in [5, 5.41) is 2.76. The van der Waals surface area contributed by atoms with Crippen molar-refractivity contribution in [1.82, 2.24) is 15.3 Å². The van der Waals surface area contributed by atoms with Gasteiger partial charge in [-0.25, -0.2) is 8.78 Å². The molecule has 2 aromatic heterocycles. The van der Waals surface area contributed by atoms with Crippen LogP contribution in [0.4, 0.5) is 8.78 Å². The summed E-state index contributed by atoms with van der Waals surface area (Å²) >= 11 is 0. The van der Waals surface area contributed by atoms with Gasteiger partial charge in [0, 0.05) is 42.7 Å². The molecule has 138 valence electrons. The molecule has 0 fully saturated rings. The topological polar surface area (TPSA) is 74.8 Å². The zero-order chi connectivity index (χ0) is 19.4. The number of nitrogens with zero attached hydrogens (tertiary/aromatic N) is 1. The molecule has 0 saturated carbocycles. The van der Waals surface area contributed by atoms with E-state index in [0.29, 0.717) is 0 Å². The van der Waals surface area contributed by atoms with Crippen LogP contribution in [0.1, 0.15) is 37.5 Å². The van der Waals surface area contributed by atoms with Crippen molar-refractivity contribution in [3.8, 4) is 0 Å². The van der Waals surface area contributed by atoms with Gasteiger partial charge in [0.2, 0.25) is 0 Å². The van der Waals surface area contributed by atoms with Gasteiger partial charge in [0.15, 0.2) is 11.6 Å². The van der Waals surface area contributed by atoms with Gasteiger partial charge in [0.25, 0.3) is 0 Å². The molecule has 2 heterocycles. The van der Waals surface area contributed by atoms with Gasteiger partial charge in [-0.1, -0.05) is 12.1 Å². The number of nitrogens with one attached hydrogen (secondary N) is 2. The van der Waals surface area contributed by atoms with Crippen molar-refractivity contribution in [3.05, 3.63) is 88.5 Å². The number of carbonyl (C=O) groups is 2. The maximum absolute atomic E-state index is 14.5. The Morgan fingerprint density at radius 2 is 2.04 bits per heavy atom. The molecule has 3 aromatic rings. The molecular formula is C20H17F2N3O2. The zero-order valence-electron chi connectivity index (χ0n) is 14.6. The predicted molar refractivity (Wildman–Crippen MR) is 95.6 cm³/mol. The Labute approximate surface area is 154 Å². The molecule has 0 radical (unpaired) electrons. The third-order valence-electron chi connectivity index (χ3n) is 4.10. The number of aromatic amines is 1. The van der Waals surface area contributed by atoms with Crippen LogP contribution in [0.25, 0.3) is 0 Å². The normalized spacial score (nSPS) is 10.8. The van der Waals surface area contributed by atoms with Crippen LogP contribution in [-0.2, 0) is 13.0 Å². The number of Topliss-reactive ketones (excluding diaryl/α,β-unsaturated/α-hetero) is 1. The molecule has 2 N–H and O–H groups in total. The highest BCUT2D eigenvalue weighted by Gasteiger charge is 2.23. The number of halogens is 2. The first-order chi connectivity index (χ1) is 13.0. The first-order valence-corrected chi connectivity index (χ1v) is 8.28. The first-order valence-electron chi connectivity index (χ1n) is 8.28. The molecule has 0 bridgehead atoms. The van der Waals surface area contributed by atoms with Gasteiger partial charge in [0.05, 0.1) is 11.3 Å². The van der Waals surface area contributed by atoms with E-state index in [1.807, 2.05) is 0 Å². The van der Waals surface area contributed by atoms with E-state index >= 15 is 0 Å². The number of rotatable bonds is 7. The number of ketones is 2. The van der Waals surface area contributed by atoms with E-state index in [0.717, 1.165) is 11.6 Å². The molecule has 3 rings (SSSR count). The second-order valence-electron chi connectivity index (χ2n) is 6.02. The van der Waals surface area contributed by atoms with Crippen LogP contribution >= 0.6 is 0 Å². The molecule has 1 aromatic carbocycles. The molecule has 0 amide bonds. The predicted octanol–water partition coefficient (Wildman–Crippen LogP) is 3.06. The van der Waals surface area contributed by atoms with Crippen molar-refractivity contribution in [3.63, 3.8) is 0 Å². The number of H-pyrrole nitrogens is 1. The molecule has 0 spiro atoms. The Kier molecular flexibility index (Phi) is 5.52. The highest BCUT2D eigenvalue weighted by atomic mass is 19.1. The molecule has 5 nitrogen and oxygen atoms in total. The van der Waals surface area contributed by atoms with Gasteiger partial charge in [-0.3, -0.25) is 14.6 Å². The van der Waals surface area contributed by atoms with Crippen molar-refractivity contribution in [2.24, 2.45) is 0 Å². The Bertz CT molecular complexity index is 984. The number of hydrogen-bond donors (Lipinski definition) is 2. The number of hydrogen-bond acceptors (Lipinski definition) is 4. The first kappa shape index (κ1) is 18.6. The lowest BCUT2D eigenvalue weighted by molar-refractivity contribution is 0.0988. The Morgan fingerprint density at radius 1 is 1.22 bits per heavy atom. The summed E-state index contributed by atoms with van der Waals surface area (Å²) in [6.45, 7) is 0.161. The molecule has 0 aliphatic carbocycles. The summed E-state index contributed by atoms with van der Waals surface area (Å²) in [4.78, 5) is 31.6. The van der Waals surface area contributed by atoms with E-state index in [4.69, 9.17) is 0 Å². The summed E-state index contributed by atoms with van der Waals surface area (Å²) in [6, 6.07) is 7.14. The molecular weight excluding hydrogens is 352 g/mol. The quantitative estimate of drug-likeness (QED) is 0.628. The second kappa shape index (κ2) is 8.01. The Hall–Kier alpha value is -3.19. The lowest BCUT2D eigenvalue weighted by atomic mass is 10.0. The zero-order valence-corrected chi connectivity index (χ0v) is 14.6. The van der Waals surface area contributed by atoms with E-state index in [1.54, 1.807) is 31.6 Å². The fraction of sp³-hybridized carbons (Fsp3) is 0.150. The van der Waals surface area contributed by atoms with Crippen molar-refractivity contribution in [2.75, 3.05) is 7.05 Å². The van der Waals surface area contributed by atoms with Crippen LogP contribution in [-0.4, -0.2) is 28.6 Å². The molecule has 7 heteroatoms. The summed E-state index contributed by atoms with van der Waals surface area (Å²) in [5.74, 6) is -2.92. The lowest BCUT2D eigenvalue weighted by Crippen LogP contribution is -2.13. The van der Waals surface area contributed by atoms with Crippen molar-refractivity contribution in [2.45, 2.75) is 13.0 Å². The molecule has 27 heavy (non-hydrogen) atoms. The maximum Gasteiger partial charge on any atom is 0.200 e. The average Bonchev–Trinajstić information content (AvgIpc) is 3.15. The highest BCUT2D eigenvalue weighted by molar-refractivity contribution is 6.10. The van der Waals surface area contributed by atoms with Gasteiger partial charge in [-0.15, -0.1) is 0 Å². The lowest BCUT2D eigenvalue weighted by Gasteiger charge is -2.08. The van der Waals surface area contributed by atoms with Crippen LogP contribution < -0.4 is 5.32 Å². The molecule has 0 atom stereocenters. The smallest absolute Gasteiger partial charge is 0.200 e. The summed E-state index contributed by atoms with van der Waals surface area (Å²) in [7, 11) is 1.62. The molecule has 0 aliphatic heterocycles. The fourth-order valence-corrected chi connectivity index (χ4v) is 2.74. The number of aromatic nitrogens is 2. The van der Waals surface area contributed by atoms with Gasteiger partial charge in [0.1, 0.15) is 11.6 Å². The minimum Gasteiger partial charge on any atom is -0.358 e. The van der Waals surface area contributed by atoms with Crippen LogP contribution in [0.2, 0.25) is 0 Å². The average molecular weight is 369 g/mol. The van der Waals surface area contributed by atoms with Crippen LogP contribution in [0.5, 0.6) is 0 Å². The molecule has 0 aliphatic rings. The third kappa shape index (κ3) is 3.98.